The van der Waals surface area contributed by atoms with Crippen molar-refractivity contribution in [3.05, 3.63) is 24.0 Å². The van der Waals surface area contributed by atoms with Gasteiger partial charge in [-0.05, 0) is 12.1 Å². The molecule has 14 heavy (non-hydrogen) atoms. The Morgan fingerprint density at radius 1 is 1.64 bits per heavy atom. The summed E-state index contributed by atoms with van der Waals surface area (Å²) in [7, 11) is 1.46. The van der Waals surface area contributed by atoms with Crippen LogP contribution >= 0.6 is 0 Å². The lowest BCUT2D eigenvalue weighted by Gasteiger charge is -2.09. The Hall–Kier alpha value is -1.78. The molecular formula is C9H11FN2O2. The van der Waals surface area contributed by atoms with Gasteiger partial charge in [-0.1, -0.05) is 0 Å². The second-order valence-corrected chi connectivity index (χ2v) is 2.66. The second-order valence-electron chi connectivity index (χ2n) is 2.66. The monoisotopic (exact) mass is 198 g/mol. The van der Waals surface area contributed by atoms with E-state index in [9.17, 15) is 9.18 Å². The zero-order chi connectivity index (χ0) is 10.6. The van der Waals surface area contributed by atoms with Gasteiger partial charge in [0, 0.05) is 6.07 Å². The van der Waals surface area contributed by atoms with E-state index in [0.717, 1.165) is 0 Å². The highest BCUT2D eigenvalue weighted by Crippen LogP contribution is 2.24. The van der Waals surface area contributed by atoms with Crippen LogP contribution in [0.3, 0.4) is 0 Å². The molecule has 3 N–H and O–H groups in total. The maximum absolute atomic E-state index is 12.8. The SMILES string of the molecule is COc1ccc(F)cc1NCC(N)=O. The van der Waals surface area contributed by atoms with Crippen molar-refractivity contribution in [1.29, 1.82) is 0 Å². The number of halogens is 1. The largest absolute Gasteiger partial charge is 0.495 e. The topological polar surface area (TPSA) is 64.3 Å². The molecule has 0 aromatic heterocycles. The van der Waals surface area contributed by atoms with Crippen LogP contribution < -0.4 is 15.8 Å². The summed E-state index contributed by atoms with van der Waals surface area (Å²) in [6, 6.07) is 3.98. The van der Waals surface area contributed by atoms with E-state index in [1.54, 1.807) is 0 Å². The number of primary amides is 1. The molecule has 0 spiro atoms. The summed E-state index contributed by atoms with van der Waals surface area (Å²) in [5, 5.41) is 2.66. The van der Waals surface area contributed by atoms with Crippen LogP contribution in [-0.2, 0) is 4.79 Å². The van der Waals surface area contributed by atoms with Crippen molar-refractivity contribution in [2.45, 2.75) is 0 Å². The Labute approximate surface area is 80.9 Å². The molecule has 0 saturated heterocycles. The number of carbonyl (C=O) groups is 1. The highest BCUT2D eigenvalue weighted by molar-refractivity contribution is 5.79. The molecule has 0 bridgehead atoms. The normalized spacial score (nSPS) is 9.57. The van der Waals surface area contributed by atoms with Crippen molar-refractivity contribution >= 4 is 11.6 Å². The van der Waals surface area contributed by atoms with Gasteiger partial charge in [-0.25, -0.2) is 4.39 Å². The number of nitrogens with one attached hydrogen (secondary N) is 1. The van der Waals surface area contributed by atoms with Crippen LogP contribution in [0.15, 0.2) is 18.2 Å². The van der Waals surface area contributed by atoms with Crippen molar-refractivity contribution in [1.82, 2.24) is 0 Å². The minimum atomic E-state index is -0.517. The van der Waals surface area contributed by atoms with Gasteiger partial charge >= 0.3 is 0 Å². The number of methoxy groups -OCH3 is 1. The smallest absolute Gasteiger partial charge is 0.236 e. The molecule has 0 unspecified atom stereocenters. The molecule has 1 aromatic carbocycles. The first kappa shape index (κ1) is 10.3. The third-order valence-corrected chi connectivity index (χ3v) is 1.61. The zero-order valence-corrected chi connectivity index (χ0v) is 7.71. The summed E-state index contributed by atoms with van der Waals surface area (Å²) in [5.74, 6) is -0.457. The van der Waals surface area contributed by atoms with E-state index in [4.69, 9.17) is 10.5 Å². The van der Waals surface area contributed by atoms with Crippen molar-refractivity contribution < 1.29 is 13.9 Å². The van der Waals surface area contributed by atoms with E-state index in [2.05, 4.69) is 5.32 Å². The molecule has 1 aromatic rings. The molecule has 0 aliphatic heterocycles. The summed E-state index contributed by atoms with van der Waals surface area (Å²) in [6.07, 6.45) is 0. The Morgan fingerprint density at radius 3 is 2.93 bits per heavy atom. The fourth-order valence-electron chi connectivity index (χ4n) is 1.00. The molecule has 0 radical (unpaired) electrons. The van der Waals surface area contributed by atoms with Crippen molar-refractivity contribution in [3.63, 3.8) is 0 Å². The van der Waals surface area contributed by atoms with Gasteiger partial charge in [0.1, 0.15) is 11.6 Å². The average molecular weight is 198 g/mol. The number of hydrogen-bond donors (Lipinski definition) is 2. The first-order valence-electron chi connectivity index (χ1n) is 3.99. The summed E-state index contributed by atoms with van der Waals surface area (Å²) in [4.78, 5) is 10.5. The van der Waals surface area contributed by atoms with E-state index in [0.29, 0.717) is 11.4 Å². The Bertz CT molecular complexity index is 342. The molecule has 0 aliphatic carbocycles. The number of ether oxygens (including phenoxy) is 1. The number of amides is 1. The van der Waals surface area contributed by atoms with Crippen LogP contribution in [0.4, 0.5) is 10.1 Å². The number of hydrogen-bond acceptors (Lipinski definition) is 3. The zero-order valence-electron chi connectivity index (χ0n) is 7.71. The van der Waals surface area contributed by atoms with Crippen molar-refractivity contribution in [3.8, 4) is 5.75 Å². The van der Waals surface area contributed by atoms with Crippen LogP contribution in [0.5, 0.6) is 5.75 Å². The second kappa shape index (κ2) is 4.45. The summed E-state index contributed by atoms with van der Waals surface area (Å²) >= 11 is 0. The van der Waals surface area contributed by atoms with Gasteiger partial charge in [-0.2, -0.15) is 0 Å². The minimum absolute atomic E-state index is 0.0557. The van der Waals surface area contributed by atoms with Gasteiger partial charge < -0.3 is 15.8 Å². The fourth-order valence-corrected chi connectivity index (χ4v) is 1.00. The Balaban J connectivity index is 2.82. The third-order valence-electron chi connectivity index (χ3n) is 1.61. The molecule has 5 heteroatoms. The van der Waals surface area contributed by atoms with Gasteiger partial charge in [0.15, 0.2) is 0 Å². The molecule has 0 aliphatic rings. The molecule has 4 nitrogen and oxygen atoms in total. The van der Waals surface area contributed by atoms with E-state index < -0.39 is 11.7 Å². The van der Waals surface area contributed by atoms with Gasteiger partial charge in [-0.3, -0.25) is 4.79 Å². The predicted molar refractivity (Wildman–Crippen MR) is 50.6 cm³/mol. The predicted octanol–water partition coefficient (Wildman–Crippen LogP) is 0.732. The maximum atomic E-state index is 12.8. The van der Waals surface area contributed by atoms with Crippen LogP contribution in [0.2, 0.25) is 0 Å². The van der Waals surface area contributed by atoms with E-state index in [-0.39, 0.29) is 6.54 Å². The number of carbonyl (C=O) groups excluding carboxylic acids is 1. The molecule has 0 saturated carbocycles. The number of nitrogens with two attached hydrogens (primary N) is 1. The average Bonchev–Trinajstić information content (AvgIpc) is 2.15. The standard InChI is InChI=1S/C9H11FN2O2/c1-14-8-3-2-6(10)4-7(8)12-5-9(11)13/h2-4,12H,5H2,1H3,(H2,11,13). The van der Waals surface area contributed by atoms with E-state index in [1.807, 2.05) is 0 Å². The van der Waals surface area contributed by atoms with Gasteiger partial charge in [0.05, 0.1) is 19.3 Å². The maximum Gasteiger partial charge on any atom is 0.236 e. The molecule has 0 heterocycles. The fraction of sp³-hybridized carbons (Fsp3) is 0.222. The summed E-state index contributed by atoms with van der Waals surface area (Å²) < 4.78 is 17.7. The van der Waals surface area contributed by atoms with Crippen LogP contribution in [-0.4, -0.2) is 19.6 Å². The van der Waals surface area contributed by atoms with Crippen molar-refractivity contribution in [2.24, 2.45) is 5.73 Å². The van der Waals surface area contributed by atoms with Gasteiger partial charge in [-0.15, -0.1) is 0 Å². The Morgan fingerprint density at radius 2 is 2.36 bits per heavy atom. The third kappa shape index (κ3) is 2.62. The summed E-state index contributed by atoms with van der Waals surface area (Å²) in [5.41, 5.74) is 5.34. The first-order valence-corrected chi connectivity index (χ1v) is 3.99. The Kier molecular flexibility index (Phi) is 3.28. The molecular weight excluding hydrogens is 187 g/mol. The van der Waals surface area contributed by atoms with Crippen molar-refractivity contribution in [2.75, 3.05) is 19.0 Å². The molecule has 0 atom stereocenters. The van der Waals surface area contributed by atoms with Crippen LogP contribution in [0, 0.1) is 5.82 Å². The van der Waals surface area contributed by atoms with Gasteiger partial charge in [0.25, 0.3) is 0 Å². The molecule has 1 rings (SSSR count). The number of benzene rings is 1. The summed E-state index contributed by atoms with van der Waals surface area (Å²) in [6.45, 7) is -0.0557. The highest BCUT2D eigenvalue weighted by Gasteiger charge is 2.04. The molecule has 0 fully saturated rings. The lowest BCUT2D eigenvalue weighted by Crippen LogP contribution is -2.22. The van der Waals surface area contributed by atoms with Gasteiger partial charge in [0.2, 0.25) is 5.91 Å². The lowest BCUT2D eigenvalue weighted by molar-refractivity contribution is -0.116. The number of anilines is 1. The minimum Gasteiger partial charge on any atom is -0.495 e. The highest BCUT2D eigenvalue weighted by atomic mass is 19.1. The number of rotatable bonds is 4. The lowest BCUT2D eigenvalue weighted by atomic mass is 10.3. The molecule has 1 amide bonds. The van der Waals surface area contributed by atoms with E-state index >= 15 is 0 Å². The molecule has 76 valence electrons. The quantitative estimate of drug-likeness (QED) is 0.749. The van der Waals surface area contributed by atoms with Crippen LogP contribution in [0.1, 0.15) is 0 Å². The first-order chi connectivity index (χ1) is 6.63. The van der Waals surface area contributed by atoms with Crippen LogP contribution in [0.25, 0.3) is 0 Å². The van der Waals surface area contributed by atoms with E-state index in [1.165, 1.54) is 25.3 Å².